The van der Waals surface area contributed by atoms with Crippen LogP contribution in [0.3, 0.4) is 0 Å². The minimum absolute atomic E-state index is 0.0727. The summed E-state index contributed by atoms with van der Waals surface area (Å²) >= 11 is 6.06. The summed E-state index contributed by atoms with van der Waals surface area (Å²) in [4.78, 5) is 11.8. The van der Waals surface area contributed by atoms with Crippen LogP contribution in [-0.4, -0.2) is 12.8 Å². The fourth-order valence-corrected chi connectivity index (χ4v) is 2.52. The summed E-state index contributed by atoms with van der Waals surface area (Å²) in [6.45, 7) is 2.51. The number of carbonyl (C=O) groups is 1. The van der Waals surface area contributed by atoms with Crippen molar-refractivity contribution in [1.29, 1.82) is 0 Å². The molecule has 0 unspecified atom stereocenters. The number of fused-ring (bicyclic) bond motifs is 1. The zero-order chi connectivity index (χ0) is 16.2. The Kier molecular flexibility index (Phi) is 4.69. The number of hydrogen-bond donors (Lipinski definition) is 0. The minimum atomic E-state index is -0.472. The van der Waals surface area contributed by atoms with Gasteiger partial charge in [-0.3, -0.25) is 0 Å². The highest BCUT2D eigenvalue weighted by atomic mass is 35.5. The lowest BCUT2D eigenvalue weighted by Crippen LogP contribution is -2.14. The summed E-state index contributed by atoms with van der Waals surface area (Å²) in [5.74, 6) is 1.57. The number of aryl methyl sites for hydroxylation is 1. The van der Waals surface area contributed by atoms with E-state index >= 15 is 0 Å². The molecule has 0 fully saturated rings. The summed E-state index contributed by atoms with van der Waals surface area (Å²) in [7, 11) is 0. The van der Waals surface area contributed by atoms with Gasteiger partial charge in [-0.25, -0.2) is 4.79 Å². The van der Waals surface area contributed by atoms with E-state index in [9.17, 15) is 4.79 Å². The first kappa shape index (κ1) is 15.6. The van der Waals surface area contributed by atoms with Crippen molar-refractivity contribution in [2.75, 3.05) is 6.79 Å². The van der Waals surface area contributed by atoms with Crippen LogP contribution in [0.25, 0.3) is 6.08 Å². The van der Waals surface area contributed by atoms with Crippen molar-refractivity contribution in [2.45, 2.75) is 20.1 Å². The van der Waals surface area contributed by atoms with Crippen molar-refractivity contribution in [3.8, 4) is 5.75 Å². The Morgan fingerprint density at radius 3 is 3.04 bits per heavy atom. The van der Waals surface area contributed by atoms with Crippen LogP contribution in [0, 0.1) is 6.92 Å². The number of rotatable bonds is 4. The third-order valence-corrected chi connectivity index (χ3v) is 3.48. The second-order valence-corrected chi connectivity index (χ2v) is 5.49. The van der Waals surface area contributed by atoms with Gasteiger partial charge >= 0.3 is 5.97 Å². The van der Waals surface area contributed by atoms with Gasteiger partial charge in [-0.05, 0) is 37.3 Å². The summed E-state index contributed by atoms with van der Waals surface area (Å²) in [6.07, 6.45) is 2.88. The van der Waals surface area contributed by atoms with Crippen molar-refractivity contribution in [3.63, 3.8) is 0 Å². The second kappa shape index (κ2) is 6.89. The highest BCUT2D eigenvalue weighted by molar-refractivity contribution is 6.30. The minimum Gasteiger partial charge on any atom is -0.467 e. The molecule has 2 aromatic rings. The standard InChI is InChI=1S/C17H15ClO5/c1-11-2-3-15(23-11)4-5-16(19)21-9-13-7-14(18)6-12-8-20-10-22-17(12)13/h2-7H,8-10H2,1H3/b5-4+. The summed E-state index contributed by atoms with van der Waals surface area (Å²) < 4.78 is 21.3. The Hall–Kier alpha value is -2.24. The molecular weight excluding hydrogens is 320 g/mol. The van der Waals surface area contributed by atoms with E-state index < -0.39 is 5.97 Å². The lowest BCUT2D eigenvalue weighted by molar-refractivity contribution is -0.139. The zero-order valence-corrected chi connectivity index (χ0v) is 13.3. The summed E-state index contributed by atoms with van der Waals surface area (Å²) in [5.41, 5.74) is 1.56. The Morgan fingerprint density at radius 1 is 1.39 bits per heavy atom. The molecule has 1 aromatic heterocycles. The molecule has 0 spiro atoms. The van der Waals surface area contributed by atoms with Crippen LogP contribution < -0.4 is 4.74 Å². The second-order valence-electron chi connectivity index (χ2n) is 5.05. The highest BCUT2D eigenvalue weighted by Crippen LogP contribution is 2.32. The lowest BCUT2D eigenvalue weighted by atomic mass is 10.1. The monoisotopic (exact) mass is 334 g/mol. The molecule has 0 saturated carbocycles. The van der Waals surface area contributed by atoms with Crippen LogP contribution in [0.15, 0.2) is 34.8 Å². The van der Waals surface area contributed by atoms with E-state index in [1.807, 2.05) is 13.0 Å². The van der Waals surface area contributed by atoms with Crippen molar-refractivity contribution < 1.29 is 23.4 Å². The third kappa shape index (κ3) is 3.94. The number of hydrogen-bond acceptors (Lipinski definition) is 5. The normalized spacial score (nSPS) is 13.7. The molecule has 120 valence electrons. The van der Waals surface area contributed by atoms with Crippen LogP contribution in [0.2, 0.25) is 5.02 Å². The van der Waals surface area contributed by atoms with Gasteiger partial charge in [0.2, 0.25) is 0 Å². The molecule has 1 aliphatic rings. The van der Waals surface area contributed by atoms with E-state index in [0.29, 0.717) is 28.7 Å². The Morgan fingerprint density at radius 2 is 2.26 bits per heavy atom. The molecule has 5 nitrogen and oxygen atoms in total. The van der Waals surface area contributed by atoms with Crippen LogP contribution in [0.1, 0.15) is 22.6 Å². The molecule has 0 aliphatic carbocycles. The van der Waals surface area contributed by atoms with Crippen molar-refractivity contribution in [3.05, 3.63) is 58.0 Å². The van der Waals surface area contributed by atoms with E-state index in [4.69, 9.17) is 30.2 Å². The molecule has 0 amide bonds. The molecule has 1 aliphatic heterocycles. The van der Waals surface area contributed by atoms with Gasteiger partial charge in [-0.2, -0.15) is 0 Å². The van der Waals surface area contributed by atoms with E-state index in [-0.39, 0.29) is 13.4 Å². The fraction of sp³-hybridized carbons (Fsp3) is 0.235. The highest BCUT2D eigenvalue weighted by Gasteiger charge is 2.17. The quantitative estimate of drug-likeness (QED) is 0.627. The number of ether oxygens (including phenoxy) is 3. The number of esters is 1. The molecule has 3 rings (SSSR count). The van der Waals surface area contributed by atoms with Gasteiger partial charge in [0.25, 0.3) is 0 Å². The molecule has 2 heterocycles. The zero-order valence-electron chi connectivity index (χ0n) is 12.5. The summed E-state index contributed by atoms with van der Waals surface area (Å²) in [6, 6.07) is 7.10. The Labute approximate surface area is 138 Å². The molecule has 6 heteroatoms. The van der Waals surface area contributed by atoms with Gasteiger partial charge in [0.1, 0.15) is 23.9 Å². The van der Waals surface area contributed by atoms with Gasteiger partial charge in [0.15, 0.2) is 6.79 Å². The summed E-state index contributed by atoms with van der Waals surface area (Å²) in [5, 5.41) is 0.547. The smallest absolute Gasteiger partial charge is 0.331 e. The Bertz CT molecular complexity index is 747. The van der Waals surface area contributed by atoms with Crippen molar-refractivity contribution in [2.24, 2.45) is 0 Å². The van der Waals surface area contributed by atoms with Gasteiger partial charge in [-0.15, -0.1) is 0 Å². The van der Waals surface area contributed by atoms with Crippen molar-refractivity contribution in [1.82, 2.24) is 0 Å². The molecule has 0 bridgehead atoms. The van der Waals surface area contributed by atoms with E-state index in [1.165, 1.54) is 6.08 Å². The molecule has 0 radical (unpaired) electrons. The first-order valence-electron chi connectivity index (χ1n) is 7.05. The number of furan rings is 1. The molecule has 0 saturated heterocycles. The first-order chi connectivity index (χ1) is 11.1. The fourth-order valence-electron chi connectivity index (χ4n) is 2.25. The molecule has 0 atom stereocenters. The molecule has 1 aromatic carbocycles. The average Bonchev–Trinajstić information content (AvgIpc) is 2.96. The Balaban J connectivity index is 1.65. The van der Waals surface area contributed by atoms with Crippen LogP contribution >= 0.6 is 11.6 Å². The van der Waals surface area contributed by atoms with Crippen molar-refractivity contribution >= 4 is 23.6 Å². The van der Waals surface area contributed by atoms with E-state index in [0.717, 1.165) is 11.3 Å². The van der Waals surface area contributed by atoms with Gasteiger partial charge in [0, 0.05) is 22.2 Å². The number of carbonyl (C=O) groups excluding carboxylic acids is 1. The predicted molar refractivity (Wildman–Crippen MR) is 84.0 cm³/mol. The predicted octanol–water partition coefficient (Wildman–Crippen LogP) is 3.86. The maximum atomic E-state index is 11.8. The van der Waals surface area contributed by atoms with Gasteiger partial charge in [0.05, 0.1) is 6.61 Å². The van der Waals surface area contributed by atoms with Gasteiger partial charge in [-0.1, -0.05) is 11.6 Å². The third-order valence-electron chi connectivity index (χ3n) is 3.27. The van der Waals surface area contributed by atoms with Gasteiger partial charge < -0.3 is 18.6 Å². The number of benzene rings is 1. The van der Waals surface area contributed by atoms with E-state index in [2.05, 4.69) is 0 Å². The maximum absolute atomic E-state index is 11.8. The average molecular weight is 335 g/mol. The molecular formula is C17H15ClO5. The van der Waals surface area contributed by atoms with Crippen LogP contribution in [0.5, 0.6) is 5.75 Å². The SMILES string of the molecule is Cc1ccc(/C=C/C(=O)OCc2cc(Cl)cc3c2OCOC3)o1. The van der Waals surface area contributed by atoms with Crippen LogP contribution in [-0.2, 0) is 27.5 Å². The molecule has 23 heavy (non-hydrogen) atoms. The largest absolute Gasteiger partial charge is 0.467 e. The topological polar surface area (TPSA) is 57.9 Å². The maximum Gasteiger partial charge on any atom is 0.331 e. The first-order valence-corrected chi connectivity index (χ1v) is 7.43. The van der Waals surface area contributed by atoms with E-state index in [1.54, 1.807) is 24.3 Å². The lowest BCUT2D eigenvalue weighted by Gasteiger charge is -2.20. The number of halogens is 1. The van der Waals surface area contributed by atoms with Crippen LogP contribution in [0.4, 0.5) is 0 Å². The molecule has 0 N–H and O–H groups in total.